The molecule has 0 saturated carbocycles. The second-order valence-electron chi connectivity index (χ2n) is 6.84. The Morgan fingerprint density at radius 1 is 1.27 bits per heavy atom. The van der Waals surface area contributed by atoms with Crippen molar-refractivity contribution in [1.82, 2.24) is 14.9 Å². The van der Waals surface area contributed by atoms with E-state index in [0.717, 1.165) is 11.1 Å². The van der Waals surface area contributed by atoms with E-state index in [9.17, 15) is 13.2 Å². The van der Waals surface area contributed by atoms with E-state index in [2.05, 4.69) is 10.3 Å². The molecular weight excluding hydrogens is 428 g/mol. The third-order valence-electron chi connectivity index (χ3n) is 4.75. The van der Waals surface area contributed by atoms with Crippen LogP contribution in [0, 0.1) is 0 Å². The lowest BCUT2D eigenvalue weighted by atomic mass is 10.1. The van der Waals surface area contributed by atoms with E-state index in [1.807, 2.05) is 29.7 Å². The first-order valence-corrected chi connectivity index (χ1v) is 11.6. The van der Waals surface area contributed by atoms with Gasteiger partial charge < -0.3 is 19.4 Å². The van der Waals surface area contributed by atoms with E-state index in [-0.39, 0.29) is 29.4 Å². The summed E-state index contributed by atoms with van der Waals surface area (Å²) < 4.78 is 35.6. The molecule has 4 rings (SSSR count). The Labute approximate surface area is 177 Å². The minimum absolute atomic E-state index is 0.0000520. The average Bonchev–Trinajstić information content (AvgIpc) is 3.29. The minimum Gasteiger partial charge on any atom is -0.454 e. The normalized spacial score (nSPS) is 14.1. The predicted molar refractivity (Wildman–Crippen MR) is 112 cm³/mol. The number of nitrogens with zero attached hydrogens (tertiary/aromatic N) is 2. The fourth-order valence-electron chi connectivity index (χ4n) is 3.14. The lowest BCUT2D eigenvalue weighted by molar-refractivity contribution is -0.119. The van der Waals surface area contributed by atoms with Gasteiger partial charge in [-0.15, -0.1) is 0 Å². The molecule has 1 aliphatic heterocycles. The average molecular weight is 449 g/mol. The van der Waals surface area contributed by atoms with Crippen molar-refractivity contribution in [3.63, 3.8) is 0 Å². The van der Waals surface area contributed by atoms with Gasteiger partial charge in [-0.25, -0.2) is 18.5 Å². The number of hydrogen-bond acceptors (Lipinski definition) is 7. The van der Waals surface area contributed by atoms with Gasteiger partial charge >= 0.3 is 0 Å². The Kier molecular flexibility index (Phi) is 5.35. The van der Waals surface area contributed by atoms with Crippen LogP contribution in [0.1, 0.15) is 18.5 Å². The van der Waals surface area contributed by atoms with Crippen molar-refractivity contribution < 1.29 is 22.7 Å². The quantitative estimate of drug-likeness (QED) is 0.552. The maximum Gasteiger partial charge on any atom is 0.238 e. The molecule has 0 saturated heterocycles. The predicted octanol–water partition coefficient (Wildman–Crippen LogP) is 1.92. The summed E-state index contributed by atoms with van der Waals surface area (Å²) in [5, 5.41) is 8.73. The molecule has 0 fully saturated rings. The van der Waals surface area contributed by atoms with E-state index in [4.69, 9.17) is 14.6 Å². The van der Waals surface area contributed by atoms with Gasteiger partial charge in [0.15, 0.2) is 16.7 Å². The molecule has 1 aromatic heterocycles. The van der Waals surface area contributed by atoms with Gasteiger partial charge in [-0.2, -0.15) is 0 Å². The van der Waals surface area contributed by atoms with Gasteiger partial charge in [0.25, 0.3) is 0 Å². The molecule has 1 atom stereocenters. The van der Waals surface area contributed by atoms with Crippen molar-refractivity contribution in [2.75, 3.05) is 12.5 Å². The lowest BCUT2D eigenvalue weighted by Crippen LogP contribution is -2.28. The molecule has 2 aromatic carbocycles. The molecule has 11 heteroatoms. The van der Waals surface area contributed by atoms with Crippen LogP contribution in [0.25, 0.3) is 11.0 Å². The zero-order valence-corrected chi connectivity index (χ0v) is 17.9. The van der Waals surface area contributed by atoms with Crippen molar-refractivity contribution >= 4 is 38.7 Å². The molecule has 0 aliphatic carbocycles. The van der Waals surface area contributed by atoms with E-state index in [1.165, 1.54) is 23.9 Å². The summed E-state index contributed by atoms with van der Waals surface area (Å²) in [5.74, 6) is 1.37. The summed E-state index contributed by atoms with van der Waals surface area (Å²) in [6.07, 6.45) is 0. The van der Waals surface area contributed by atoms with Crippen LogP contribution in [0.3, 0.4) is 0 Å². The molecule has 0 bridgehead atoms. The highest BCUT2D eigenvalue weighted by molar-refractivity contribution is 7.99. The smallest absolute Gasteiger partial charge is 0.238 e. The second kappa shape index (κ2) is 7.82. The first kappa shape index (κ1) is 20.5. The Hall–Kier alpha value is -2.76. The molecule has 30 heavy (non-hydrogen) atoms. The maximum atomic E-state index is 12.4. The van der Waals surface area contributed by atoms with Crippen LogP contribution in [0.15, 0.2) is 46.5 Å². The Morgan fingerprint density at radius 3 is 2.80 bits per heavy atom. The number of fused-ring (bicyclic) bond motifs is 2. The number of imidazole rings is 1. The largest absolute Gasteiger partial charge is 0.454 e. The van der Waals surface area contributed by atoms with Gasteiger partial charge in [-0.05, 0) is 42.8 Å². The highest BCUT2D eigenvalue weighted by Crippen LogP contribution is 2.34. The van der Waals surface area contributed by atoms with Crippen molar-refractivity contribution in [2.45, 2.75) is 23.0 Å². The number of aryl methyl sites for hydroxylation is 1. The number of amides is 1. The first-order valence-electron chi connectivity index (χ1n) is 9.03. The van der Waals surface area contributed by atoms with Crippen LogP contribution in [0.4, 0.5) is 0 Å². The molecule has 0 unspecified atom stereocenters. The van der Waals surface area contributed by atoms with Crippen molar-refractivity contribution in [1.29, 1.82) is 0 Å². The van der Waals surface area contributed by atoms with Crippen LogP contribution in [-0.2, 0) is 21.9 Å². The van der Waals surface area contributed by atoms with Gasteiger partial charge in [0.05, 0.1) is 27.7 Å². The van der Waals surface area contributed by atoms with E-state index >= 15 is 0 Å². The summed E-state index contributed by atoms with van der Waals surface area (Å²) in [7, 11) is -2.00. The zero-order chi connectivity index (χ0) is 21.5. The minimum atomic E-state index is -3.80. The number of hydrogen-bond donors (Lipinski definition) is 2. The van der Waals surface area contributed by atoms with Crippen molar-refractivity contribution in [2.24, 2.45) is 12.2 Å². The lowest BCUT2D eigenvalue weighted by Gasteiger charge is -2.14. The third-order valence-corrected chi connectivity index (χ3v) is 6.69. The molecule has 158 valence electrons. The standard InChI is InChI=1S/C19H20N4O5S2/c1-11(12-3-6-16-17(7-12)28-10-27-16)21-18(24)9-29-19-22-14-8-13(30(20,25)26)4-5-15(14)23(19)2/h3-8,11H,9-10H2,1-2H3,(H,21,24)(H2,20,25,26)/t11-/m0/s1. The van der Waals surface area contributed by atoms with Gasteiger partial charge in [0.2, 0.25) is 22.7 Å². The van der Waals surface area contributed by atoms with E-state index in [0.29, 0.717) is 22.2 Å². The second-order valence-corrected chi connectivity index (χ2v) is 9.34. The van der Waals surface area contributed by atoms with Crippen LogP contribution in [-0.4, -0.2) is 36.4 Å². The van der Waals surface area contributed by atoms with Crippen molar-refractivity contribution in [3.8, 4) is 11.5 Å². The molecule has 3 aromatic rings. The molecule has 0 spiro atoms. The summed E-state index contributed by atoms with van der Waals surface area (Å²) >= 11 is 1.27. The number of primary sulfonamides is 1. The van der Waals surface area contributed by atoms with Gasteiger partial charge in [-0.3, -0.25) is 4.79 Å². The number of thioether (sulfide) groups is 1. The number of rotatable bonds is 6. The summed E-state index contributed by atoms with van der Waals surface area (Å²) in [6, 6.07) is 9.88. The molecular formula is C19H20N4O5S2. The Bertz CT molecular complexity index is 1240. The molecule has 3 N–H and O–H groups in total. The van der Waals surface area contributed by atoms with Crippen LogP contribution in [0.5, 0.6) is 11.5 Å². The van der Waals surface area contributed by atoms with Crippen LogP contribution in [0.2, 0.25) is 0 Å². The SMILES string of the molecule is C[C@H](NC(=O)CSc1nc2cc(S(N)(=O)=O)ccc2n1C)c1ccc2c(c1)OCO2. The number of carbonyl (C=O) groups excluding carboxylic acids is 1. The fourth-order valence-corrected chi connectivity index (χ4v) is 4.47. The monoisotopic (exact) mass is 448 g/mol. The molecule has 1 amide bonds. The van der Waals surface area contributed by atoms with Crippen LogP contribution < -0.4 is 19.9 Å². The van der Waals surface area contributed by atoms with Crippen molar-refractivity contribution in [3.05, 3.63) is 42.0 Å². The summed E-state index contributed by atoms with van der Waals surface area (Å²) in [5.41, 5.74) is 2.16. The summed E-state index contributed by atoms with van der Waals surface area (Å²) in [6.45, 7) is 2.09. The Morgan fingerprint density at radius 2 is 2.03 bits per heavy atom. The highest BCUT2D eigenvalue weighted by Gasteiger charge is 2.18. The number of ether oxygens (including phenoxy) is 2. The topological polar surface area (TPSA) is 126 Å². The van der Waals surface area contributed by atoms with E-state index < -0.39 is 10.0 Å². The summed E-state index contributed by atoms with van der Waals surface area (Å²) in [4.78, 5) is 16.9. The number of aromatic nitrogens is 2. The highest BCUT2D eigenvalue weighted by atomic mass is 32.2. The van der Waals surface area contributed by atoms with E-state index in [1.54, 1.807) is 13.1 Å². The number of sulfonamides is 1. The maximum absolute atomic E-state index is 12.4. The third kappa shape index (κ3) is 4.09. The van der Waals surface area contributed by atoms with Gasteiger partial charge in [-0.1, -0.05) is 17.8 Å². The molecule has 0 radical (unpaired) electrons. The molecule has 9 nitrogen and oxygen atoms in total. The Balaban J connectivity index is 1.42. The number of carbonyl (C=O) groups is 1. The number of benzene rings is 2. The zero-order valence-electron chi connectivity index (χ0n) is 16.3. The van der Waals surface area contributed by atoms with Gasteiger partial charge in [0, 0.05) is 7.05 Å². The molecule has 2 heterocycles. The number of nitrogens with one attached hydrogen (secondary N) is 1. The first-order chi connectivity index (χ1) is 14.2. The van der Waals surface area contributed by atoms with Crippen LogP contribution >= 0.6 is 11.8 Å². The molecule has 1 aliphatic rings. The number of nitrogens with two attached hydrogens (primary N) is 1. The fraction of sp³-hybridized carbons (Fsp3) is 0.263. The van der Waals surface area contributed by atoms with Gasteiger partial charge in [0.1, 0.15) is 0 Å².